The molecule has 9 nitrogen and oxygen atoms in total. The minimum absolute atomic E-state index is 0.139. The van der Waals surface area contributed by atoms with Crippen LogP contribution < -0.4 is 20.1 Å². The highest BCUT2D eigenvalue weighted by atomic mass is 16.7. The second-order valence-corrected chi connectivity index (χ2v) is 8.27. The second-order valence-electron chi connectivity index (χ2n) is 8.27. The molecule has 0 aromatic heterocycles. The first kappa shape index (κ1) is 26.0. The number of ether oxygens (including phenoxy) is 3. The highest BCUT2D eigenvalue weighted by Crippen LogP contribution is 2.34. The summed E-state index contributed by atoms with van der Waals surface area (Å²) >= 11 is 0. The van der Waals surface area contributed by atoms with E-state index in [1.54, 1.807) is 12.1 Å². The van der Waals surface area contributed by atoms with Crippen molar-refractivity contribution in [2.75, 3.05) is 33.1 Å². The maximum absolute atomic E-state index is 13.4. The highest BCUT2D eigenvalue weighted by Gasteiger charge is 2.32. The molecule has 0 aliphatic carbocycles. The SMILES string of the molecule is CCOCCCNC(=O)[C@H](c1ccc(C)cc1)N(Cc1ccc2c(c1)OCO2)C(=O)CNC(C)=O. The first-order valence-electron chi connectivity index (χ1n) is 11.7. The largest absolute Gasteiger partial charge is 0.454 e. The molecule has 0 spiro atoms. The number of fused-ring (bicyclic) bond motifs is 1. The van der Waals surface area contributed by atoms with E-state index in [1.165, 1.54) is 11.8 Å². The van der Waals surface area contributed by atoms with Gasteiger partial charge in [-0.3, -0.25) is 14.4 Å². The van der Waals surface area contributed by atoms with E-state index in [-0.39, 0.29) is 37.6 Å². The van der Waals surface area contributed by atoms with E-state index in [4.69, 9.17) is 14.2 Å². The smallest absolute Gasteiger partial charge is 0.247 e. The average molecular weight is 484 g/mol. The molecule has 2 aromatic rings. The maximum Gasteiger partial charge on any atom is 0.247 e. The molecule has 3 amide bonds. The Hall–Kier alpha value is -3.59. The third-order valence-electron chi connectivity index (χ3n) is 5.52. The molecule has 0 radical (unpaired) electrons. The molecule has 0 unspecified atom stereocenters. The predicted molar refractivity (Wildman–Crippen MR) is 130 cm³/mol. The Balaban J connectivity index is 1.90. The highest BCUT2D eigenvalue weighted by molar-refractivity contribution is 5.90. The summed E-state index contributed by atoms with van der Waals surface area (Å²) in [7, 11) is 0. The number of rotatable bonds is 12. The second kappa shape index (κ2) is 12.8. The summed E-state index contributed by atoms with van der Waals surface area (Å²) in [5, 5.41) is 5.49. The van der Waals surface area contributed by atoms with Crippen LogP contribution in [0.15, 0.2) is 42.5 Å². The summed E-state index contributed by atoms with van der Waals surface area (Å²) in [5.74, 6) is 0.208. The topological polar surface area (TPSA) is 106 Å². The standard InChI is InChI=1S/C26H33N3O6/c1-4-33-13-5-12-27-26(32)25(21-9-6-18(2)7-10-21)29(24(31)15-28-19(3)30)16-20-8-11-22-23(14-20)35-17-34-22/h6-11,14,25H,4-5,12-13,15-17H2,1-3H3,(H,27,32)(H,28,30)/t25-/m0/s1. The molecule has 9 heteroatoms. The molecule has 1 aliphatic heterocycles. The number of hydrogen-bond donors (Lipinski definition) is 2. The van der Waals surface area contributed by atoms with Gasteiger partial charge >= 0.3 is 0 Å². The third kappa shape index (κ3) is 7.45. The summed E-state index contributed by atoms with van der Waals surface area (Å²) in [6.07, 6.45) is 0.655. The number of benzene rings is 2. The van der Waals surface area contributed by atoms with Crippen LogP contribution in [-0.4, -0.2) is 55.7 Å². The van der Waals surface area contributed by atoms with Crippen LogP contribution in [0.1, 0.15) is 43.0 Å². The molecule has 3 rings (SSSR count). The molecule has 188 valence electrons. The fraction of sp³-hybridized carbons (Fsp3) is 0.423. The summed E-state index contributed by atoms with van der Waals surface area (Å²) in [5.41, 5.74) is 2.48. The van der Waals surface area contributed by atoms with Gasteiger partial charge in [0, 0.05) is 33.2 Å². The van der Waals surface area contributed by atoms with Crippen LogP contribution in [0.3, 0.4) is 0 Å². The molecular weight excluding hydrogens is 450 g/mol. The normalized spacial score (nSPS) is 12.7. The van der Waals surface area contributed by atoms with Crippen molar-refractivity contribution in [3.8, 4) is 11.5 Å². The number of carbonyl (C=O) groups is 3. The molecule has 0 bridgehead atoms. The Bertz CT molecular complexity index is 1020. The molecule has 1 heterocycles. The van der Waals surface area contributed by atoms with Crippen LogP contribution in [0.2, 0.25) is 0 Å². The fourth-order valence-electron chi connectivity index (χ4n) is 3.71. The van der Waals surface area contributed by atoms with Crippen LogP contribution in [0.25, 0.3) is 0 Å². The Labute approximate surface area is 205 Å². The number of carbonyl (C=O) groups excluding carboxylic acids is 3. The number of nitrogens with one attached hydrogen (secondary N) is 2. The molecule has 0 saturated heterocycles. The van der Waals surface area contributed by atoms with Gasteiger partial charge in [-0.25, -0.2) is 0 Å². The van der Waals surface area contributed by atoms with E-state index in [9.17, 15) is 14.4 Å². The molecule has 2 aromatic carbocycles. The summed E-state index contributed by atoms with van der Waals surface area (Å²) in [6.45, 7) is 6.84. The van der Waals surface area contributed by atoms with E-state index in [1.807, 2.05) is 44.2 Å². The molecule has 0 fully saturated rings. The molecule has 0 saturated carbocycles. The zero-order valence-corrected chi connectivity index (χ0v) is 20.5. The van der Waals surface area contributed by atoms with Gasteiger partial charge in [-0.1, -0.05) is 35.9 Å². The van der Waals surface area contributed by atoms with Crippen molar-refractivity contribution >= 4 is 17.7 Å². The lowest BCUT2D eigenvalue weighted by Gasteiger charge is -2.32. The summed E-state index contributed by atoms with van der Waals surface area (Å²) in [6, 6.07) is 12.0. The van der Waals surface area contributed by atoms with E-state index in [0.717, 1.165) is 11.1 Å². The van der Waals surface area contributed by atoms with Crippen LogP contribution in [0.5, 0.6) is 11.5 Å². The van der Waals surface area contributed by atoms with Crippen molar-refractivity contribution in [3.63, 3.8) is 0 Å². The van der Waals surface area contributed by atoms with Gasteiger partial charge in [-0.2, -0.15) is 0 Å². The van der Waals surface area contributed by atoms with Gasteiger partial charge in [0.05, 0.1) is 6.54 Å². The predicted octanol–water partition coefficient (Wildman–Crippen LogP) is 2.47. The zero-order chi connectivity index (χ0) is 25.2. The monoisotopic (exact) mass is 483 g/mol. The van der Waals surface area contributed by atoms with Crippen molar-refractivity contribution in [1.29, 1.82) is 0 Å². The van der Waals surface area contributed by atoms with Crippen molar-refractivity contribution in [2.24, 2.45) is 0 Å². The van der Waals surface area contributed by atoms with Crippen LogP contribution in [-0.2, 0) is 25.7 Å². The van der Waals surface area contributed by atoms with Gasteiger partial charge in [-0.15, -0.1) is 0 Å². The Morgan fingerprint density at radius 3 is 2.51 bits per heavy atom. The van der Waals surface area contributed by atoms with E-state index in [0.29, 0.717) is 43.2 Å². The van der Waals surface area contributed by atoms with Crippen LogP contribution in [0.4, 0.5) is 0 Å². The molecular formula is C26H33N3O6. The molecule has 2 N–H and O–H groups in total. The summed E-state index contributed by atoms with van der Waals surface area (Å²) < 4.78 is 16.2. The number of amides is 3. The lowest BCUT2D eigenvalue weighted by atomic mass is 10.0. The van der Waals surface area contributed by atoms with Gasteiger partial charge in [0.25, 0.3) is 0 Å². The fourth-order valence-corrected chi connectivity index (χ4v) is 3.71. The van der Waals surface area contributed by atoms with Gasteiger partial charge in [0.1, 0.15) is 6.04 Å². The number of hydrogen-bond acceptors (Lipinski definition) is 6. The number of nitrogens with zero attached hydrogens (tertiary/aromatic N) is 1. The van der Waals surface area contributed by atoms with Gasteiger partial charge in [0.15, 0.2) is 11.5 Å². The lowest BCUT2D eigenvalue weighted by molar-refractivity contribution is -0.141. The third-order valence-corrected chi connectivity index (χ3v) is 5.52. The zero-order valence-electron chi connectivity index (χ0n) is 20.5. The Kier molecular flexibility index (Phi) is 9.48. The maximum atomic E-state index is 13.4. The average Bonchev–Trinajstić information content (AvgIpc) is 3.31. The van der Waals surface area contributed by atoms with E-state index >= 15 is 0 Å². The van der Waals surface area contributed by atoms with Crippen molar-refractivity contribution in [3.05, 3.63) is 59.2 Å². The summed E-state index contributed by atoms with van der Waals surface area (Å²) in [4.78, 5) is 39.8. The molecule has 1 aliphatic rings. The first-order valence-corrected chi connectivity index (χ1v) is 11.7. The van der Waals surface area contributed by atoms with Crippen molar-refractivity contribution < 1.29 is 28.6 Å². The van der Waals surface area contributed by atoms with Gasteiger partial charge in [0.2, 0.25) is 24.5 Å². The number of aryl methyl sites for hydroxylation is 1. The minimum atomic E-state index is -0.894. The quantitative estimate of drug-likeness (QED) is 0.450. The van der Waals surface area contributed by atoms with E-state index in [2.05, 4.69) is 10.6 Å². The van der Waals surface area contributed by atoms with Crippen molar-refractivity contribution in [2.45, 2.75) is 39.8 Å². The minimum Gasteiger partial charge on any atom is -0.454 e. The van der Waals surface area contributed by atoms with Crippen LogP contribution in [0, 0.1) is 6.92 Å². The van der Waals surface area contributed by atoms with Crippen LogP contribution >= 0.6 is 0 Å². The molecule has 1 atom stereocenters. The van der Waals surface area contributed by atoms with Gasteiger partial charge < -0.3 is 29.7 Å². The Morgan fingerprint density at radius 2 is 1.80 bits per heavy atom. The van der Waals surface area contributed by atoms with Crippen molar-refractivity contribution in [1.82, 2.24) is 15.5 Å². The Morgan fingerprint density at radius 1 is 1.06 bits per heavy atom. The first-order chi connectivity index (χ1) is 16.9. The van der Waals surface area contributed by atoms with E-state index < -0.39 is 6.04 Å². The van der Waals surface area contributed by atoms with Gasteiger partial charge in [-0.05, 0) is 43.5 Å². The molecule has 35 heavy (non-hydrogen) atoms. The lowest BCUT2D eigenvalue weighted by Crippen LogP contribution is -2.47.